The predicted molar refractivity (Wildman–Crippen MR) is 72.8 cm³/mol. The normalized spacial score (nSPS) is 18.1. The molecule has 3 N–H and O–H groups in total. The number of halogens is 1. The summed E-state index contributed by atoms with van der Waals surface area (Å²) in [6, 6.07) is 10.7. The van der Waals surface area contributed by atoms with Crippen LogP contribution in [-0.4, -0.2) is 17.2 Å². The van der Waals surface area contributed by atoms with Crippen molar-refractivity contribution in [2.24, 2.45) is 5.73 Å². The monoisotopic (exact) mass is 272 g/mol. The Morgan fingerprint density at radius 1 is 1.25 bits per heavy atom. The third kappa shape index (κ3) is 1.97. The first-order valence-electron chi connectivity index (χ1n) is 6.24. The number of anilines is 1. The van der Waals surface area contributed by atoms with Gasteiger partial charge in [0.1, 0.15) is 5.82 Å². The molecule has 2 aromatic carbocycles. The summed E-state index contributed by atoms with van der Waals surface area (Å²) in [5.41, 5.74) is 7.97. The number of nitrogens with two attached hydrogens (primary N) is 1. The quantitative estimate of drug-likeness (QED) is 0.781. The molecule has 3 rings (SSSR count). The van der Waals surface area contributed by atoms with E-state index in [1.54, 1.807) is 36.4 Å². The van der Waals surface area contributed by atoms with E-state index in [1.807, 2.05) is 0 Å². The summed E-state index contributed by atoms with van der Waals surface area (Å²) in [7, 11) is 0. The summed E-state index contributed by atoms with van der Waals surface area (Å²) in [6.07, 6.45) is 0.327. The molecule has 1 atom stereocenters. The molecule has 20 heavy (non-hydrogen) atoms. The van der Waals surface area contributed by atoms with Gasteiger partial charge in [0, 0.05) is 5.56 Å². The molecule has 0 saturated heterocycles. The van der Waals surface area contributed by atoms with Crippen LogP contribution in [0.1, 0.15) is 5.56 Å². The van der Waals surface area contributed by atoms with Crippen LogP contribution >= 0.6 is 0 Å². The number of carbonyl (C=O) groups is 1. The van der Waals surface area contributed by atoms with Gasteiger partial charge in [0.2, 0.25) is 0 Å². The summed E-state index contributed by atoms with van der Waals surface area (Å²) in [6.45, 7) is 0. The number of nitrogens with zero attached hydrogens (tertiary/aromatic N) is 1. The molecule has 5 heteroatoms. The van der Waals surface area contributed by atoms with Crippen molar-refractivity contribution in [3.8, 4) is 11.1 Å². The van der Waals surface area contributed by atoms with Gasteiger partial charge in [-0.25, -0.2) is 4.39 Å². The van der Waals surface area contributed by atoms with Crippen molar-refractivity contribution in [3.05, 3.63) is 53.8 Å². The fourth-order valence-electron chi connectivity index (χ4n) is 2.42. The number of rotatable bonds is 1. The number of fused-ring (bicyclic) bond motifs is 1. The number of amides is 1. The van der Waals surface area contributed by atoms with E-state index in [4.69, 9.17) is 5.73 Å². The maximum atomic E-state index is 13.8. The van der Waals surface area contributed by atoms with Crippen molar-refractivity contribution in [1.82, 2.24) is 0 Å². The van der Waals surface area contributed by atoms with Crippen molar-refractivity contribution >= 4 is 11.6 Å². The van der Waals surface area contributed by atoms with Crippen LogP contribution in [0.15, 0.2) is 42.5 Å². The Morgan fingerprint density at radius 3 is 2.75 bits per heavy atom. The minimum atomic E-state index is -0.775. The molecular formula is C15H13FN2O2. The summed E-state index contributed by atoms with van der Waals surface area (Å²) < 4.78 is 13.8. The van der Waals surface area contributed by atoms with Gasteiger partial charge < -0.3 is 5.73 Å². The summed E-state index contributed by atoms with van der Waals surface area (Å²) in [4.78, 5) is 11.6. The Morgan fingerprint density at radius 2 is 2.00 bits per heavy atom. The van der Waals surface area contributed by atoms with Crippen LogP contribution in [0, 0.1) is 5.82 Å². The molecule has 4 nitrogen and oxygen atoms in total. The van der Waals surface area contributed by atoms with Crippen molar-refractivity contribution in [3.63, 3.8) is 0 Å². The molecular weight excluding hydrogens is 259 g/mol. The van der Waals surface area contributed by atoms with Crippen LogP contribution in [0.2, 0.25) is 0 Å². The average molecular weight is 272 g/mol. The zero-order chi connectivity index (χ0) is 14.3. The van der Waals surface area contributed by atoms with E-state index in [-0.39, 0.29) is 5.82 Å². The minimum absolute atomic E-state index is 0.315. The van der Waals surface area contributed by atoms with Gasteiger partial charge in [0.25, 0.3) is 5.91 Å². The highest BCUT2D eigenvalue weighted by Crippen LogP contribution is 2.31. The first-order valence-corrected chi connectivity index (χ1v) is 6.24. The van der Waals surface area contributed by atoms with E-state index in [1.165, 1.54) is 6.07 Å². The van der Waals surface area contributed by atoms with Gasteiger partial charge in [-0.15, -0.1) is 0 Å². The van der Waals surface area contributed by atoms with Crippen LogP contribution in [-0.2, 0) is 11.2 Å². The van der Waals surface area contributed by atoms with Crippen LogP contribution in [0.25, 0.3) is 11.1 Å². The van der Waals surface area contributed by atoms with Gasteiger partial charge in [0.05, 0.1) is 11.7 Å². The lowest BCUT2D eigenvalue weighted by Crippen LogP contribution is -2.47. The second-order valence-corrected chi connectivity index (χ2v) is 4.78. The lowest BCUT2D eigenvalue weighted by molar-refractivity contribution is -0.125. The minimum Gasteiger partial charge on any atom is -0.320 e. The van der Waals surface area contributed by atoms with Crippen molar-refractivity contribution in [1.29, 1.82) is 0 Å². The zero-order valence-electron chi connectivity index (χ0n) is 10.6. The molecule has 2 aromatic rings. The number of hydrogen-bond acceptors (Lipinski definition) is 3. The van der Waals surface area contributed by atoms with E-state index >= 15 is 0 Å². The van der Waals surface area contributed by atoms with E-state index in [0.29, 0.717) is 28.3 Å². The van der Waals surface area contributed by atoms with Crippen LogP contribution in [0.5, 0.6) is 0 Å². The summed E-state index contributed by atoms with van der Waals surface area (Å²) >= 11 is 0. The maximum Gasteiger partial charge on any atom is 0.267 e. The smallest absolute Gasteiger partial charge is 0.267 e. The number of hydrogen-bond donors (Lipinski definition) is 2. The molecule has 0 fully saturated rings. The van der Waals surface area contributed by atoms with Gasteiger partial charge in [0.15, 0.2) is 0 Å². The van der Waals surface area contributed by atoms with Crippen molar-refractivity contribution in [2.75, 3.05) is 5.06 Å². The lowest BCUT2D eigenvalue weighted by atomic mass is 9.94. The third-order valence-electron chi connectivity index (χ3n) is 3.46. The Bertz CT molecular complexity index is 687. The first-order chi connectivity index (χ1) is 9.58. The van der Waals surface area contributed by atoms with Gasteiger partial charge in [-0.2, -0.15) is 5.06 Å². The fourth-order valence-corrected chi connectivity index (χ4v) is 2.42. The van der Waals surface area contributed by atoms with E-state index in [0.717, 1.165) is 5.56 Å². The Labute approximate surface area is 115 Å². The molecule has 0 bridgehead atoms. The van der Waals surface area contributed by atoms with Crippen LogP contribution < -0.4 is 10.8 Å². The molecule has 0 radical (unpaired) electrons. The van der Waals surface area contributed by atoms with E-state index in [9.17, 15) is 14.4 Å². The van der Waals surface area contributed by atoms with E-state index < -0.39 is 11.9 Å². The maximum absolute atomic E-state index is 13.8. The molecule has 102 valence electrons. The molecule has 0 aromatic heterocycles. The molecule has 0 saturated carbocycles. The summed E-state index contributed by atoms with van der Waals surface area (Å²) in [5, 5.41) is 10.3. The second kappa shape index (κ2) is 4.70. The Kier molecular flexibility index (Phi) is 3.00. The topological polar surface area (TPSA) is 66.6 Å². The molecule has 1 heterocycles. The first kappa shape index (κ1) is 12.8. The highest BCUT2D eigenvalue weighted by atomic mass is 19.1. The lowest BCUT2D eigenvalue weighted by Gasteiger charge is -2.28. The largest absolute Gasteiger partial charge is 0.320 e. The molecule has 0 unspecified atom stereocenters. The average Bonchev–Trinajstić information content (AvgIpc) is 2.45. The van der Waals surface area contributed by atoms with Gasteiger partial charge in [-0.3, -0.25) is 10.0 Å². The third-order valence-corrected chi connectivity index (χ3v) is 3.46. The molecule has 1 aliphatic rings. The standard InChI is InChI=1S/C15H13FN2O2/c16-12-4-2-1-3-11(12)9-5-6-14-10(7-9)8-13(17)15(19)18(14)20/h1-7,13,20H,8,17H2/t13-/m0/s1. The molecule has 1 amide bonds. The number of hydroxylamine groups is 1. The Balaban J connectivity index is 2.09. The predicted octanol–water partition coefficient (Wildman–Crippen LogP) is 2.10. The van der Waals surface area contributed by atoms with Crippen molar-refractivity contribution < 1.29 is 14.4 Å². The Hall–Kier alpha value is -2.24. The fraction of sp³-hybridized carbons (Fsp3) is 0.133. The molecule has 0 spiro atoms. The molecule has 0 aliphatic carbocycles. The number of benzene rings is 2. The highest BCUT2D eigenvalue weighted by Gasteiger charge is 2.29. The summed E-state index contributed by atoms with van der Waals surface area (Å²) in [5.74, 6) is -0.847. The highest BCUT2D eigenvalue weighted by molar-refractivity contribution is 5.98. The SMILES string of the molecule is N[C@H]1Cc2cc(-c3ccccc3F)ccc2N(O)C1=O. The van der Waals surface area contributed by atoms with Gasteiger partial charge >= 0.3 is 0 Å². The zero-order valence-corrected chi connectivity index (χ0v) is 10.6. The van der Waals surface area contributed by atoms with Gasteiger partial charge in [-0.05, 0) is 35.7 Å². The second-order valence-electron chi connectivity index (χ2n) is 4.78. The molecule has 1 aliphatic heterocycles. The van der Waals surface area contributed by atoms with E-state index in [2.05, 4.69) is 0 Å². The number of carbonyl (C=O) groups excluding carboxylic acids is 1. The van der Waals surface area contributed by atoms with Crippen LogP contribution in [0.4, 0.5) is 10.1 Å². The van der Waals surface area contributed by atoms with Gasteiger partial charge in [-0.1, -0.05) is 24.3 Å². The van der Waals surface area contributed by atoms with Crippen molar-refractivity contribution in [2.45, 2.75) is 12.5 Å². The van der Waals surface area contributed by atoms with Crippen LogP contribution in [0.3, 0.4) is 0 Å².